The van der Waals surface area contributed by atoms with Crippen LogP contribution in [0.3, 0.4) is 0 Å². The van der Waals surface area contributed by atoms with Gasteiger partial charge in [-0.15, -0.1) is 0 Å². The minimum Gasteiger partial charge on any atom is -0.481 e. The van der Waals surface area contributed by atoms with E-state index in [0.717, 1.165) is 5.69 Å². The predicted octanol–water partition coefficient (Wildman–Crippen LogP) is -4.34. The molecule has 0 saturated carbocycles. The smallest absolute Gasteiger partial charge is 0.322 e. The fourth-order valence-corrected chi connectivity index (χ4v) is 1.07. The highest BCUT2D eigenvalue weighted by Gasteiger charge is 2.14. The van der Waals surface area contributed by atoms with E-state index in [1.54, 1.807) is 6.20 Å². The van der Waals surface area contributed by atoms with Crippen molar-refractivity contribution in [3.8, 4) is 0 Å². The van der Waals surface area contributed by atoms with Crippen LogP contribution in [0.5, 0.6) is 0 Å². The maximum Gasteiger partial charge on any atom is 0.322 e. The van der Waals surface area contributed by atoms with E-state index in [2.05, 4.69) is 15.7 Å². The number of nitrogens with one attached hydrogen (secondary N) is 1. The number of rotatable bonds is 9. The van der Waals surface area contributed by atoms with Gasteiger partial charge < -0.3 is 58.6 Å². The molecule has 32 heavy (non-hydrogen) atoms. The van der Waals surface area contributed by atoms with Gasteiger partial charge in [0.1, 0.15) is 18.1 Å². The highest BCUT2D eigenvalue weighted by molar-refractivity contribution is 5.80. The number of hydrogen-bond donors (Lipinski definition) is 11. The Kier molecular flexibility index (Phi) is 19.9. The number of aliphatic hydroxyl groups is 1. The average Bonchev–Trinajstić information content (AvgIpc) is 3.21. The van der Waals surface area contributed by atoms with Crippen molar-refractivity contribution in [2.45, 2.75) is 31.0 Å². The molecule has 17 nitrogen and oxygen atoms in total. The van der Waals surface area contributed by atoms with Crippen molar-refractivity contribution in [2.24, 2.45) is 22.9 Å². The lowest BCUT2D eigenvalue weighted by atomic mass is 10.2. The molecule has 1 rings (SSSR count). The van der Waals surface area contributed by atoms with E-state index in [-0.39, 0.29) is 13.0 Å². The van der Waals surface area contributed by atoms with Crippen molar-refractivity contribution >= 4 is 29.8 Å². The van der Waals surface area contributed by atoms with E-state index in [1.165, 1.54) is 6.33 Å². The number of aromatic amines is 1. The van der Waals surface area contributed by atoms with Crippen molar-refractivity contribution in [2.75, 3.05) is 13.2 Å². The fraction of sp³-hybridized carbons (Fsp3) is 0.467. The second-order valence-electron chi connectivity index (χ2n) is 5.49. The van der Waals surface area contributed by atoms with Gasteiger partial charge in [0.25, 0.3) is 0 Å². The minimum absolute atomic E-state index is 0.278. The van der Waals surface area contributed by atoms with Crippen LogP contribution in [-0.4, -0.2) is 102 Å². The molecule has 0 aromatic carbocycles. The zero-order valence-electron chi connectivity index (χ0n) is 16.7. The number of carbonyl (C=O) groups is 5. The summed E-state index contributed by atoms with van der Waals surface area (Å²) in [6, 6.07) is -3.27. The largest absolute Gasteiger partial charge is 0.481 e. The predicted molar refractivity (Wildman–Crippen MR) is 105 cm³/mol. The molecule has 184 valence electrons. The van der Waals surface area contributed by atoms with Gasteiger partial charge in [-0.05, 0) is 0 Å². The summed E-state index contributed by atoms with van der Waals surface area (Å²) in [6.45, 7) is -0.782. The minimum atomic E-state index is -1.29. The van der Waals surface area contributed by atoms with Crippen LogP contribution in [0.1, 0.15) is 12.1 Å². The number of H-pyrrole nitrogens is 1. The molecule has 0 aliphatic rings. The molecule has 0 saturated heterocycles. The van der Waals surface area contributed by atoms with Gasteiger partial charge in [0.2, 0.25) is 0 Å². The number of nitrogens with zero attached hydrogens (tertiary/aromatic N) is 1. The van der Waals surface area contributed by atoms with Crippen molar-refractivity contribution in [1.29, 1.82) is 0 Å². The van der Waals surface area contributed by atoms with Gasteiger partial charge in [-0.2, -0.15) is 0 Å². The van der Waals surface area contributed by atoms with Crippen LogP contribution in [0.15, 0.2) is 12.5 Å². The van der Waals surface area contributed by atoms with Crippen molar-refractivity contribution in [1.82, 2.24) is 9.97 Å². The molecular weight excluding hydrogens is 440 g/mol. The number of carboxylic acid groups (broad SMARTS) is 5. The summed E-state index contributed by atoms with van der Waals surface area (Å²) < 4.78 is 0. The quantitative estimate of drug-likeness (QED) is 0.163. The summed E-state index contributed by atoms with van der Waals surface area (Å²) in [7, 11) is 0. The summed E-state index contributed by atoms with van der Waals surface area (Å²) in [6.07, 6.45) is 2.80. The molecule has 17 heteroatoms. The molecule has 0 aliphatic carbocycles. The monoisotopic (exact) mass is 468 g/mol. The summed E-state index contributed by atoms with van der Waals surface area (Å²) in [5.74, 6) is -5.64. The highest BCUT2D eigenvalue weighted by Crippen LogP contribution is 1.95. The summed E-state index contributed by atoms with van der Waals surface area (Å²) >= 11 is 0. The first-order valence-corrected chi connectivity index (χ1v) is 8.36. The summed E-state index contributed by atoms with van der Waals surface area (Å²) in [4.78, 5) is 55.3. The fourth-order valence-electron chi connectivity index (χ4n) is 1.07. The molecule has 0 spiro atoms. The molecule has 0 radical (unpaired) electrons. The zero-order chi connectivity index (χ0) is 25.9. The first-order valence-electron chi connectivity index (χ1n) is 8.36. The molecule has 0 fully saturated rings. The Hall–Kier alpha value is -3.64. The van der Waals surface area contributed by atoms with E-state index in [0.29, 0.717) is 0 Å². The number of hydrogen-bond acceptors (Lipinski definition) is 11. The summed E-state index contributed by atoms with van der Waals surface area (Å²) in [5.41, 5.74) is 20.2. The molecule has 1 heterocycles. The van der Waals surface area contributed by atoms with Crippen molar-refractivity contribution in [3.05, 3.63) is 18.2 Å². The average molecular weight is 468 g/mol. The lowest BCUT2D eigenvalue weighted by Crippen LogP contribution is -2.33. The van der Waals surface area contributed by atoms with E-state index in [4.69, 9.17) is 47.8 Å². The third-order valence-corrected chi connectivity index (χ3v) is 2.71. The SMILES string of the molecule is NC(CC(=O)O)C(=O)O.NC(CO)C(=O)O.NC(Cc1cnc[nH]1)C(=O)O.NCC(=O)O. The number of carboxylic acids is 5. The van der Waals surface area contributed by atoms with Crippen LogP contribution in [0.25, 0.3) is 0 Å². The van der Waals surface area contributed by atoms with Gasteiger partial charge >= 0.3 is 29.8 Å². The molecule has 0 bridgehead atoms. The Balaban J connectivity index is -0.000000365. The number of imidazole rings is 1. The highest BCUT2D eigenvalue weighted by atomic mass is 16.4. The van der Waals surface area contributed by atoms with E-state index >= 15 is 0 Å². The second-order valence-corrected chi connectivity index (χ2v) is 5.49. The lowest BCUT2D eigenvalue weighted by molar-refractivity contribution is -0.144. The molecule has 0 aliphatic heterocycles. The molecule has 1 aromatic rings. The number of nitrogens with two attached hydrogens (primary N) is 4. The number of aliphatic carboxylic acids is 5. The zero-order valence-corrected chi connectivity index (χ0v) is 16.7. The first kappa shape index (κ1) is 33.0. The Bertz CT molecular complexity index is 698. The standard InChI is InChI=1S/C6H9N3O2.C4H7NO4.C3H7NO3.C2H5NO2/c7-5(6(10)11)1-4-2-8-3-9-4;5-2(4(8)9)1-3(6)7;4-2(1-5)3(6)7;3-1-2(4)5/h2-3,5H,1,7H2,(H,8,9)(H,10,11);2H,1,5H2,(H,6,7)(H,8,9);2,5H,1,4H2,(H,6,7);1,3H2,(H,4,5). The van der Waals surface area contributed by atoms with Crippen LogP contribution in [0.2, 0.25) is 0 Å². The third-order valence-electron chi connectivity index (χ3n) is 2.71. The van der Waals surface area contributed by atoms with Gasteiger partial charge in [-0.1, -0.05) is 0 Å². The lowest BCUT2D eigenvalue weighted by Gasteiger charge is -2.02. The molecule has 3 atom stereocenters. The molecular formula is C15H28N6O11. The molecule has 0 amide bonds. The van der Waals surface area contributed by atoms with Crippen LogP contribution < -0.4 is 22.9 Å². The topological polar surface area (TPSA) is 339 Å². The van der Waals surface area contributed by atoms with Gasteiger partial charge in [0, 0.05) is 18.3 Å². The van der Waals surface area contributed by atoms with Crippen molar-refractivity contribution < 1.29 is 54.6 Å². The summed E-state index contributed by atoms with van der Waals surface area (Å²) in [5, 5.41) is 47.9. The van der Waals surface area contributed by atoms with Crippen molar-refractivity contribution in [3.63, 3.8) is 0 Å². The second kappa shape index (κ2) is 19.3. The van der Waals surface area contributed by atoms with E-state index < -0.39 is 61.0 Å². The number of aromatic nitrogens is 2. The van der Waals surface area contributed by atoms with Crippen LogP contribution in [0.4, 0.5) is 0 Å². The third kappa shape index (κ3) is 22.6. The Morgan fingerprint density at radius 2 is 1.28 bits per heavy atom. The maximum absolute atomic E-state index is 10.3. The van der Waals surface area contributed by atoms with Gasteiger partial charge in [0.05, 0.1) is 25.9 Å². The normalized spacial score (nSPS) is 12.0. The molecule has 3 unspecified atom stereocenters. The Labute approximate surface area is 180 Å². The Morgan fingerprint density at radius 1 is 0.844 bits per heavy atom. The van der Waals surface area contributed by atoms with Crippen LogP contribution in [0, 0.1) is 0 Å². The molecule has 1 aromatic heterocycles. The van der Waals surface area contributed by atoms with Gasteiger partial charge in [0.15, 0.2) is 0 Å². The van der Waals surface area contributed by atoms with E-state index in [1.807, 2.05) is 0 Å². The van der Waals surface area contributed by atoms with Gasteiger partial charge in [-0.3, -0.25) is 24.0 Å². The van der Waals surface area contributed by atoms with Crippen LogP contribution >= 0.6 is 0 Å². The maximum atomic E-state index is 10.3. The van der Waals surface area contributed by atoms with E-state index in [9.17, 15) is 24.0 Å². The van der Waals surface area contributed by atoms with Crippen LogP contribution in [-0.2, 0) is 30.4 Å². The molecule has 15 N–H and O–H groups in total. The Morgan fingerprint density at radius 3 is 1.47 bits per heavy atom. The first-order chi connectivity index (χ1) is 14.7. The van der Waals surface area contributed by atoms with Gasteiger partial charge in [-0.25, -0.2) is 4.98 Å². The number of aliphatic hydroxyl groups excluding tert-OH is 1.